The van der Waals surface area contributed by atoms with E-state index in [4.69, 9.17) is 25.8 Å². The van der Waals surface area contributed by atoms with Gasteiger partial charge in [-0.25, -0.2) is 0 Å². The number of methoxy groups -OCH3 is 3. The minimum absolute atomic E-state index is 0.128. The van der Waals surface area contributed by atoms with Crippen LogP contribution in [0, 0.1) is 0 Å². The van der Waals surface area contributed by atoms with Gasteiger partial charge in [-0.2, -0.15) is 0 Å². The molecule has 0 unspecified atom stereocenters. The average Bonchev–Trinajstić information content (AvgIpc) is 2.44. The molecule has 0 aliphatic carbocycles. The van der Waals surface area contributed by atoms with Crippen molar-refractivity contribution < 1.29 is 14.2 Å². The molecule has 1 heterocycles. The number of fused-ring (bicyclic) bond motifs is 1. The molecule has 102 valence electrons. The number of halogens is 1. The van der Waals surface area contributed by atoms with Gasteiger partial charge in [0.25, 0.3) is 5.56 Å². The van der Waals surface area contributed by atoms with E-state index in [1.54, 1.807) is 12.1 Å². The van der Waals surface area contributed by atoms with E-state index in [9.17, 15) is 4.79 Å². The fourth-order valence-electron chi connectivity index (χ4n) is 1.97. The first-order valence-corrected chi connectivity index (χ1v) is 6.10. The number of alkyl halides is 1. The van der Waals surface area contributed by atoms with E-state index in [-0.39, 0.29) is 11.4 Å². The summed E-state index contributed by atoms with van der Waals surface area (Å²) in [5.41, 5.74) is 0.852. The molecule has 0 fully saturated rings. The van der Waals surface area contributed by atoms with Gasteiger partial charge >= 0.3 is 0 Å². The molecule has 19 heavy (non-hydrogen) atoms. The maximum absolute atomic E-state index is 11.8. The summed E-state index contributed by atoms with van der Waals surface area (Å²) >= 11 is 5.74. The molecule has 0 spiro atoms. The van der Waals surface area contributed by atoms with Gasteiger partial charge in [-0.3, -0.25) is 4.79 Å². The minimum atomic E-state index is -0.225. The van der Waals surface area contributed by atoms with Crippen LogP contribution in [0.3, 0.4) is 0 Å². The predicted octanol–water partition coefficient (Wildman–Crippen LogP) is 2.29. The van der Waals surface area contributed by atoms with Crippen molar-refractivity contribution in [2.24, 2.45) is 0 Å². The van der Waals surface area contributed by atoms with E-state index < -0.39 is 0 Å². The van der Waals surface area contributed by atoms with Crippen molar-refractivity contribution in [1.29, 1.82) is 0 Å². The second kappa shape index (κ2) is 5.40. The van der Waals surface area contributed by atoms with Crippen molar-refractivity contribution in [3.8, 4) is 17.2 Å². The van der Waals surface area contributed by atoms with Crippen molar-refractivity contribution in [2.75, 3.05) is 21.3 Å². The summed E-state index contributed by atoms with van der Waals surface area (Å²) in [5, 5.41) is 0.718. The maximum atomic E-state index is 11.8. The van der Waals surface area contributed by atoms with E-state index in [1.165, 1.54) is 21.3 Å². The number of ether oxygens (including phenoxy) is 3. The van der Waals surface area contributed by atoms with E-state index in [0.717, 1.165) is 5.39 Å². The van der Waals surface area contributed by atoms with Gasteiger partial charge in [-0.15, -0.1) is 11.6 Å². The van der Waals surface area contributed by atoms with Crippen molar-refractivity contribution in [1.82, 2.24) is 4.98 Å². The van der Waals surface area contributed by atoms with Crippen LogP contribution >= 0.6 is 11.6 Å². The molecule has 2 aromatic rings. The van der Waals surface area contributed by atoms with E-state index in [2.05, 4.69) is 4.98 Å². The van der Waals surface area contributed by atoms with Gasteiger partial charge in [0, 0.05) is 17.0 Å². The van der Waals surface area contributed by atoms with Crippen LogP contribution in [-0.2, 0) is 5.88 Å². The third kappa shape index (κ3) is 2.21. The van der Waals surface area contributed by atoms with Crippen LogP contribution in [0.15, 0.2) is 16.9 Å². The van der Waals surface area contributed by atoms with Crippen LogP contribution in [0.25, 0.3) is 10.9 Å². The number of aromatic amines is 1. The summed E-state index contributed by atoms with van der Waals surface area (Å²) in [4.78, 5) is 14.5. The van der Waals surface area contributed by atoms with Gasteiger partial charge < -0.3 is 19.2 Å². The van der Waals surface area contributed by atoms with Crippen molar-refractivity contribution in [3.05, 3.63) is 28.0 Å². The Hall–Kier alpha value is -1.88. The Balaban J connectivity index is 2.89. The summed E-state index contributed by atoms with van der Waals surface area (Å²) in [6.45, 7) is 0. The quantitative estimate of drug-likeness (QED) is 0.875. The Labute approximate surface area is 115 Å². The SMILES string of the molecule is COc1cc2[nH]c(=O)c(CCl)cc2c(OC)c1OC. The third-order valence-corrected chi connectivity index (χ3v) is 3.16. The summed E-state index contributed by atoms with van der Waals surface area (Å²) in [6.07, 6.45) is 0. The fraction of sp³-hybridized carbons (Fsp3) is 0.308. The highest BCUT2D eigenvalue weighted by molar-refractivity contribution is 6.17. The number of pyridine rings is 1. The molecule has 0 saturated heterocycles. The van der Waals surface area contributed by atoms with E-state index in [0.29, 0.717) is 28.3 Å². The highest BCUT2D eigenvalue weighted by atomic mass is 35.5. The van der Waals surface area contributed by atoms with Crippen LogP contribution in [0.1, 0.15) is 5.56 Å². The van der Waals surface area contributed by atoms with Gasteiger partial charge in [0.05, 0.1) is 32.7 Å². The first-order chi connectivity index (χ1) is 9.15. The maximum Gasteiger partial charge on any atom is 0.252 e. The first kappa shape index (κ1) is 13.5. The highest BCUT2D eigenvalue weighted by Crippen LogP contribution is 2.42. The van der Waals surface area contributed by atoms with Crippen LogP contribution in [0.2, 0.25) is 0 Å². The molecule has 0 saturated carbocycles. The topological polar surface area (TPSA) is 60.6 Å². The lowest BCUT2D eigenvalue weighted by Gasteiger charge is -2.14. The summed E-state index contributed by atoms with van der Waals surface area (Å²) in [5.74, 6) is 1.59. The van der Waals surface area contributed by atoms with Crippen molar-refractivity contribution in [3.63, 3.8) is 0 Å². The van der Waals surface area contributed by atoms with Crippen LogP contribution < -0.4 is 19.8 Å². The average molecular weight is 284 g/mol. The summed E-state index contributed by atoms with van der Waals surface area (Å²) < 4.78 is 15.9. The number of hydrogen-bond donors (Lipinski definition) is 1. The molecule has 6 heteroatoms. The molecule has 1 aromatic carbocycles. The molecule has 0 amide bonds. The van der Waals surface area contributed by atoms with E-state index in [1.807, 2.05) is 0 Å². The smallest absolute Gasteiger partial charge is 0.252 e. The molecule has 0 atom stereocenters. The molecule has 1 N–H and O–H groups in total. The zero-order valence-corrected chi connectivity index (χ0v) is 11.6. The second-order valence-electron chi connectivity index (χ2n) is 3.86. The van der Waals surface area contributed by atoms with Crippen molar-refractivity contribution >= 4 is 22.5 Å². The van der Waals surface area contributed by atoms with E-state index >= 15 is 0 Å². The fourth-order valence-corrected chi connectivity index (χ4v) is 2.17. The molecule has 5 nitrogen and oxygen atoms in total. The lowest BCUT2D eigenvalue weighted by molar-refractivity contribution is 0.327. The Morgan fingerprint density at radius 1 is 1.11 bits per heavy atom. The van der Waals surface area contributed by atoms with Gasteiger partial charge in [0.15, 0.2) is 11.5 Å². The van der Waals surface area contributed by atoms with Crippen LogP contribution in [-0.4, -0.2) is 26.3 Å². The molecule has 0 radical (unpaired) electrons. The lowest BCUT2D eigenvalue weighted by Crippen LogP contribution is -2.11. The van der Waals surface area contributed by atoms with Crippen LogP contribution in [0.4, 0.5) is 0 Å². The highest BCUT2D eigenvalue weighted by Gasteiger charge is 2.17. The summed E-state index contributed by atoms with van der Waals surface area (Å²) in [7, 11) is 4.58. The number of rotatable bonds is 4. The zero-order chi connectivity index (χ0) is 14.0. The Kier molecular flexibility index (Phi) is 3.85. The summed E-state index contributed by atoms with van der Waals surface area (Å²) in [6, 6.07) is 3.39. The zero-order valence-electron chi connectivity index (χ0n) is 10.9. The van der Waals surface area contributed by atoms with Crippen LogP contribution in [0.5, 0.6) is 17.2 Å². The van der Waals surface area contributed by atoms with Gasteiger partial charge in [-0.05, 0) is 6.07 Å². The molecule has 2 rings (SSSR count). The lowest BCUT2D eigenvalue weighted by atomic mass is 10.1. The Morgan fingerprint density at radius 2 is 1.79 bits per heavy atom. The third-order valence-electron chi connectivity index (χ3n) is 2.87. The molecular weight excluding hydrogens is 270 g/mol. The standard InChI is InChI=1S/C13H14ClNO4/c1-17-10-5-9-8(11(18-2)12(10)19-3)4-7(6-14)13(16)15-9/h4-5H,6H2,1-3H3,(H,15,16). The van der Waals surface area contributed by atoms with Gasteiger partial charge in [0.2, 0.25) is 5.75 Å². The number of benzene rings is 1. The predicted molar refractivity (Wildman–Crippen MR) is 73.8 cm³/mol. The number of H-pyrrole nitrogens is 1. The molecule has 0 aliphatic rings. The van der Waals surface area contributed by atoms with Gasteiger partial charge in [-0.1, -0.05) is 0 Å². The number of aromatic nitrogens is 1. The Bertz CT molecular complexity index is 666. The second-order valence-corrected chi connectivity index (χ2v) is 4.13. The molecular formula is C13H14ClNO4. The monoisotopic (exact) mass is 283 g/mol. The normalized spacial score (nSPS) is 10.5. The Morgan fingerprint density at radius 3 is 2.32 bits per heavy atom. The molecule has 0 bridgehead atoms. The minimum Gasteiger partial charge on any atom is -0.493 e. The molecule has 0 aliphatic heterocycles. The largest absolute Gasteiger partial charge is 0.493 e. The number of nitrogens with one attached hydrogen (secondary N) is 1. The van der Waals surface area contributed by atoms with Gasteiger partial charge in [0.1, 0.15) is 0 Å². The van der Waals surface area contributed by atoms with Crippen molar-refractivity contribution in [2.45, 2.75) is 5.88 Å². The molecule has 1 aromatic heterocycles. The number of hydrogen-bond acceptors (Lipinski definition) is 4. The first-order valence-electron chi connectivity index (χ1n) is 5.57.